The fraction of sp³-hybridized carbons (Fsp3) is 0.294. The molecule has 2 aromatic rings. The molecular formula is C17H17F3N2O3S. The number of rotatable bonds is 4. The standard InChI is InChI=1S/C17H17F3N2O3S/c18-17(19,20)25-13-4-2-5-14(10-13)26(23,24)22-16-6-1-3-11-9-12(21)7-8-15(11)16/h2,4-5,7-10,16,22H,1,3,6,21H2. The average molecular weight is 386 g/mol. The van der Waals surface area contributed by atoms with Crippen molar-refractivity contribution in [3.8, 4) is 5.75 Å². The van der Waals surface area contributed by atoms with Gasteiger partial charge in [-0.25, -0.2) is 13.1 Å². The molecule has 3 N–H and O–H groups in total. The minimum Gasteiger partial charge on any atom is -0.406 e. The van der Waals surface area contributed by atoms with E-state index in [9.17, 15) is 21.6 Å². The zero-order valence-electron chi connectivity index (χ0n) is 13.6. The Kier molecular flexibility index (Phi) is 4.85. The van der Waals surface area contributed by atoms with Crippen LogP contribution in [0.4, 0.5) is 18.9 Å². The molecule has 26 heavy (non-hydrogen) atoms. The smallest absolute Gasteiger partial charge is 0.406 e. The summed E-state index contributed by atoms with van der Waals surface area (Å²) in [6.07, 6.45) is -2.72. The number of sulfonamides is 1. The zero-order chi connectivity index (χ0) is 18.9. The Hall–Kier alpha value is -2.26. The molecule has 0 radical (unpaired) electrons. The first-order chi connectivity index (χ1) is 12.1. The molecule has 1 aliphatic rings. The van der Waals surface area contributed by atoms with Gasteiger partial charge < -0.3 is 10.5 Å². The number of ether oxygens (including phenoxy) is 1. The van der Waals surface area contributed by atoms with Gasteiger partial charge in [-0.05, 0) is 54.7 Å². The number of nitrogens with one attached hydrogen (secondary N) is 1. The molecule has 140 valence electrons. The van der Waals surface area contributed by atoms with Crippen molar-refractivity contribution in [1.29, 1.82) is 0 Å². The molecule has 0 bridgehead atoms. The molecule has 0 fully saturated rings. The molecular weight excluding hydrogens is 369 g/mol. The lowest BCUT2D eigenvalue weighted by Gasteiger charge is -2.26. The van der Waals surface area contributed by atoms with Gasteiger partial charge in [0.05, 0.1) is 4.90 Å². The van der Waals surface area contributed by atoms with Crippen molar-refractivity contribution in [3.05, 3.63) is 53.6 Å². The van der Waals surface area contributed by atoms with Crippen LogP contribution in [-0.2, 0) is 16.4 Å². The number of benzene rings is 2. The Labute approximate surface area is 149 Å². The lowest BCUT2D eigenvalue weighted by atomic mass is 9.88. The molecule has 3 rings (SSSR count). The van der Waals surface area contributed by atoms with Crippen molar-refractivity contribution < 1.29 is 26.3 Å². The number of hydrogen-bond donors (Lipinski definition) is 2. The van der Waals surface area contributed by atoms with E-state index in [1.54, 1.807) is 12.1 Å². The average Bonchev–Trinajstić information content (AvgIpc) is 2.53. The summed E-state index contributed by atoms with van der Waals surface area (Å²) in [5.41, 5.74) is 8.17. The van der Waals surface area contributed by atoms with Crippen LogP contribution in [0.1, 0.15) is 30.0 Å². The Bertz CT molecular complexity index is 914. The molecule has 0 aliphatic heterocycles. The Morgan fingerprint density at radius 1 is 1.15 bits per heavy atom. The highest BCUT2D eigenvalue weighted by Gasteiger charge is 2.32. The third kappa shape index (κ3) is 4.28. The van der Waals surface area contributed by atoms with E-state index in [-0.39, 0.29) is 4.90 Å². The highest BCUT2D eigenvalue weighted by molar-refractivity contribution is 7.89. The van der Waals surface area contributed by atoms with Crippen molar-refractivity contribution >= 4 is 15.7 Å². The summed E-state index contributed by atoms with van der Waals surface area (Å²) in [5, 5.41) is 0. The zero-order valence-corrected chi connectivity index (χ0v) is 14.4. The predicted molar refractivity (Wildman–Crippen MR) is 90.0 cm³/mol. The molecule has 9 heteroatoms. The van der Waals surface area contributed by atoms with Crippen LogP contribution in [0.15, 0.2) is 47.4 Å². The summed E-state index contributed by atoms with van der Waals surface area (Å²) in [7, 11) is -4.02. The maximum atomic E-state index is 12.6. The van der Waals surface area contributed by atoms with Gasteiger partial charge in [-0.1, -0.05) is 12.1 Å². The molecule has 1 unspecified atom stereocenters. The maximum absolute atomic E-state index is 12.6. The second-order valence-electron chi connectivity index (χ2n) is 6.05. The van der Waals surface area contributed by atoms with Gasteiger partial charge in [0, 0.05) is 17.8 Å². The van der Waals surface area contributed by atoms with E-state index in [0.29, 0.717) is 12.1 Å². The molecule has 2 aromatic carbocycles. The summed E-state index contributed by atoms with van der Waals surface area (Å²) >= 11 is 0. The number of aryl methyl sites for hydroxylation is 1. The number of alkyl halides is 3. The van der Waals surface area contributed by atoms with Crippen LogP contribution in [0.2, 0.25) is 0 Å². The summed E-state index contributed by atoms with van der Waals surface area (Å²) in [5.74, 6) is -0.586. The summed E-state index contributed by atoms with van der Waals surface area (Å²) in [6.45, 7) is 0. The summed E-state index contributed by atoms with van der Waals surface area (Å²) < 4.78 is 68.6. The second kappa shape index (κ2) is 6.81. The van der Waals surface area contributed by atoms with Crippen LogP contribution < -0.4 is 15.2 Å². The van der Waals surface area contributed by atoms with Gasteiger partial charge >= 0.3 is 6.36 Å². The summed E-state index contributed by atoms with van der Waals surface area (Å²) in [6, 6.07) is 9.14. The Balaban J connectivity index is 1.86. The van der Waals surface area contributed by atoms with Crippen LogP contribution >= 0.6 is 0 Å². The van der Waals surface area contributed by atoms with E-state index < -0.39 is 28.2 Å². The van der Waals surface area contributed by atoms with Crippen LogP contribution in [0.5, 0.6) is 5.75 Å². The van der Waals surface area contributed by atoms with Gasteiger partial charge in [-0.15, -0.1) is 13.2 Å². The van der Waals surface area contributed by atoms with Gasteiger partial charge in [0.25, 0.3) is 0 Å². The fourth-order valence-corrected chi connectivity index (χ4v) is 4.33. The SMILES string of the molecule is Nc1ccc2c(c1)CCCC2NS(=O)(=O)c1cccc(OC(F)(F)F)c1. The molecule has 0 saturated heterocycles. The van der Waals surface area contributed by atoms with Crippen LogP contribution in [-0.4, -0.2) is 14.8 Å². The van der Waals surface area contributed by atoms with E-state index in [1.165, 1.54) is 12.1 Å². The predicted octanol–water partition coefficient (Wildman–Crippen LogP) is 3.52. The lowest BCUT2D eigenvalue weighted by molar-refractivity contribution is -0.274. The van der Waals surface area contributed by atoms with Gasteiger partial charge in [0.2, 0.25) is 10.0 Å². The summed E-state index contributed by atoms with van der Waals surface area (Å²) in [4.78, 5) is -0.290. The number of hydrogen-bond acceptors (Lipinski definition) is 4. The van der Waals surface area contributed by atoms with Crippen LogP contribution in [0, 0.1) is 0 Å². The van der Waals surface area contributed by atoms with Gasteiger partial charge in [-0.3, -0.25) is 0 Å². The Morgan fingerprint density at radius 2 is 1.92 bits per heavy atom. The minimum absolute atomic E-state index is 0.290. The van der Waals surface area contributed by atoms with Gasteiger partial charge in [0.15, 0.2) is 0 Å². The first-order valence-electron chi connectivity index (χ1n) is 7.90. The molecule has 0 aromatic heterocycles. The van der Waals surface area contributed by atoms with Crippen LogP contribution in [0.3, 0.4) is 0 Å². The second-order valence-corrected chi connectivity index (χ2v) is 7.76. The quantitative estimate of drug-likeness (QED) is 0.788. The third-order valence-corrected chi connectivity index (χ3v) is 5.60. The monoisotopic (exact) mass is 386 g/mol. The highest BCUT2D eigenvalue weighted by Crippen LogP contribution is 2.32. The van der Waals surface area contributed by atoms with E-state index in [2.05, 4.69) is 9.46 Å². The fourth-order valence-electron chi connectivity index (χ4n) is 3.05. The van der Waals surface area contributed by atoms with Gasteiger partial charge in [0.1, 0.15) is 5.75 Å². The number of fused-ring (bicyclic) bond motifs is 1. The Morgan fingerprint density at radius 3 is 2.65 bits per heavy atom. The van der Waals surface area contributed by atoms with E-state index in [4.69, 9.17) is 5.73 Å². The van der Waals surface area contributed by atoms with E-state index in [0.717, 1.165) is 36.1 Å². The molecule has 1 atom stereocenters. The molecule has 0 heterocycles. The van der Waals surface area contributed by atoms with E-state index >= 15 is 0 Å². The number of nitrogen functional groups attached to an aromatic ring is 1. The first kappa shape index (κ1) is 18.5. The van der Waals surface area contributed by atoms with Gasteiger partial charge in [-0.2, -0.15) is 0 Å². The number of nitrogens with two attached hydrogens (primary N) is 1. The van der Waals surface area contributed by atoms with Crippen molar-refractivity contribution in [2.45, 2.75) is 36.6 Å². The largest absolute Gasteiger partial charge is 0.573 e. The number of halogens is 3. The van der Waals surface area contributed by atoms with Crippen molar-refractivity contribution in [1.82, 2.24) is 4.72 Å². The maximum Gasteiger partial charge on any atom is 0.573 e. The first-order valence-corrected chi connectivity index (χ1v) is 9.39. The normalized spacial score (nSPS) is 17.6. The molecule has 1 aliphatic carbocycles. The molecule has 0 spiro atoms. The minimum atomic E-state index is -4.89. The van der Waals surface area contributed by atoms with E-state index in [1.807, 2.05) is 6.07 Å². The molecule has 0 amide bonds. The van der Waals surface area contributed by atoms with Crippen LogP contribution in [0.25, 0.3) is 0 Å². The van der Waals surface area contributed by atoms with Crippen molar-refractivity contribution in [2.24, 2.45) is 0 Å². The topological polar surface area (TPSA) is 81.4 Å². The lowest BCUT2D eigenvalue weighted by Crippen LogP contribution is -2.31. The molecule has 0 saturated carbocycles. The van der Waals surface area contributed by atoms with Crippen molar-refractivity contribution in [2.75, 3.05) is 5.73 Å². The number of anilines is 1. The van der Waals surface area contributed by atoms with Crippen molar-refractivity contribution in [3.63, 3.8) is 0 Å². The molecule has 5 nitrogen and oxygen atoms in total. The highest BCUT2D eigenvalue weighted by atomic mass is 32.2. The third-order valence-electron chi connectivity index (χ3n) is 4.13.